The van der Waals surface area contributed by atoms with Gasteiger partial charge in [-0.2, -0.15) is 0 Å². The molecular formula is C19H34BNO4. The van der Waals surface area contributed by atoms with Crippen LogP contribution < -0.4 is 0 Å². The third-order valence-corrected chi connectivity index (χ3v) is 5.31. The van der Waals surface area contributed by atoms with Crippen LogP contribution in [-0.2, 0) is 14.0 Å². The quantitative estimate of drug-likeness (QED) is 0.699. The minimum absolute atomic E-state index is 0.211. The molecule has 0 radical (unpaired) electrons. The topological polar surface area (TPSA) is 48.0 Å². The number of rotatable bonds is 2. The highest BCUT2D eigenvalue weighted by Gasteiger charge is 2.51. The Bertz CT molecular complexity index is 512. The van der Waals surface area contributed by atoms with Crippen molar-refractivity contribution in [2.45, 2.75) is 85.0 Å². The summed E-state index contributed by atoms with van der Waals surface area (Å²) in [5.41, 5.74) is 0.0512. The van der Waals surface area contributed by atoms with E-state index in [1.165, 1.54) is 0 Å². The van der Waals surface area contributed by atoms with Gasteiger partial charge in [-0.05, 0) is 79.6 Å². The Morgan fingerprint density at radius 3 is 2.04 bits per heavy atom. The fraction of sp³-hybridized carbons (Fsp3) is 0.842. The van der Waals surface area contributed by atoms with E-state index in [0.717, 1.165) is 31.4 Å². The Kier molecular flexibility index (Phi) is 5.65. The highest BCUT2D eigenvalue weighted by molar-refractivity contribution is 6.54. The van der Waals surface area contributed by atoms with Crippen LogP contribution in [0.25, 0.3) is 0 Å². The van der Waals surface area contributed by atoms with Crippen molar-refractivity contribution in [3.8, 4) is 0 Å². The van der Waals surface area contributed by atoms with Crippen molar-refractivity contribution < 1.29 is 18.8 Å². The van der Waals surface area contributed by atoms with Gasteiger partial charge in [-0.1, -0.05) is 6.08 Å². The van der Waals surface area contributed by atoms with E-state index in [1.54, 1.807) is 4.90 Å². The molecule has 0 N–H and O–H groups in total. The average Bonchev–Trinajstić information content (AvgIpc) is 2.66. The second kappa shape index (κ2) is 6.95. The predicted molar refractivity (Wildman–Crippen MR) is 100 cm³/mol. The number of nitrogens with zero attached hydrogens (tertiary/aromatic N) is 1. The normalized spacial score (nSPS) is 24.6. The van der Waals surface area contributed by atoms with Crippen LogP contribution in [0, 0.1) is 5.92 Å². The van der Waals surface area contributed by atoms with Crippen molar-refractivity contribution in [2.24, 2.45) is 5.92 Å². The zero-order valence-electron chi connectivity index (χ0n) is 17.1. The summed E-state index contributed by atoms with van der Waals surface area (Å²) in [6.07, 6.45) is 3.93. The fourth-order valence-electron chi connectivity index (χ4n) is 3.05. The zero-order valence-corrected chi connectivity index (χ0v) is 17.1. The second-order valence-electron chi connectivity index (χ2n) is 9.30. The summed E-state index contributed by atoms with van der Waals surface area (Å²) in [5, 5.41) is 0. The molecule has 0 aromatic heterocycles. The number of hydrogen-bond acceptors (Lipinski definition) is 4. The Balaban J connectivity index is 1.89. The molecule has 5 nitrogen and oxygen atoms in total. The predicted octanol–water partition coefficient (Wildman–Crippen LogP) is 4.21. The number of carbonyl (C=O) groups excluding carboxylic acids is 1. The minimum Gasteiger partial charge on any atom is -0.444 e. The van der Waals surface area contributed by atoms with Crippen LogP contribution in [0.3, 0.4) is 0 Å². The lowest BCUT2D eigenvalue weighted by Crippen LogP contribution is -2.41. The van der Waals surface area contributed by atoms with Gasteiger partial charge in [0, 0.05) is 13.1 Å². The van der Waals surface area contributed by atoms with E-state index in [9.17, 15) is 4.79 Å². The molecule has 2 aliphatic rings. The highest BCUT2D eigenvalue weighted by Crippen LogP contribution is 2.38. The Labute approximate surface area is 153 Å². The van der Waals surface area contributed by atoms with Crippen molar-refractivity contribution in [1.29, 1.82) is 0 Å². The van der Waals surface area contributed by atoms with E-state index in [4.69, 9.17) is 14.0 Å². The summed E-state index contributed by atoms with van der Waals surface area (Å²) in [5.74, 6) is 0.442. The maximum absolute atomic E-state index is 12.1. The van der Waals surface area contributed by atoms with Gasteiger partial charge >= 0.3 is 13.2 Å². The molecule has 2 rings (SSSR count). The van der Waals surface area contributed by atoms with E-state index < -0.39 is 5.60 Å². The number of ether oxygens (including phenoxy) is 1. The van der Waals surface area contributed by atoms with E-state index in [-0.39, 0.29) is 24.4 Å². The van der Waals surface area contributed by atoms with Crippen molar-refractivity contribution in [2.75, 3.05) is 13.1 Å². The zero-order chi connectivity index (χ0) is 19.0. The molecule has 0 spiro atoms. The smallest absolute Gasteiger partial charge is 0.444 e. The van der Waals surface area contributed by atoms with Crippen molar-refractivity contribution in [3.05, 3.63) is 11.5 Å². The molecule has 2 aliphatic heterocycles. The van der Waals surface area contributed by atoms with Crippen molar-refractivity contribution >= 4 is 13.2 Å². The van der Waals surface area contributed by atoms with Crippen LogP contribution in [0.4, 0.5) is 4.79 Å². The third-order valence-electron chi connectivity index (χ3n) is 5.31. The average molecular weight is 351 g/mol. The standard InChI is InChI=1S/C19H34BNO4/c1-14(20-24-18(5,6)19(7,8)25-20)13-15-9-11-21(12-10-15)16(22)23-17(2,3)4/h13,15H,9-12H2,1-8H3/b14-13+. The van der Waals surface area contributed by atoms with Crippen molar-refractivity contribution in [3.63, 3.8) is 0 Å². The molecule has 0 aliphatic carbocycles. The first kappa shape index (κ1) is 20.3. The summed E-state index contributed by atoms with van der Waals surface area (Å²) in [6.45, 7) is 17.5. The van der Waals surface area contributed by atoms with Gasteiger partial charge < -0.3 is 18.9 Å². The summed E-state index contributed by atoms with van der Waals surface area (Å²) < 4.78 is 17.7. The number of likely N-dealkylation sites (tertiary alicyclic amines) is 1. The molecule has 6 heteroatoms. The van der Waals surface area contributed by atoms with Gasteiger partial charge in [0.25, 0.3) is 0 Å². The number of amides is 1. The van der Waals surface area contributed by atoms with Crippen LogP contribution in [0.5, 0.6) is 0 Å². The number of carbonyl (C=O) groups is 1. The Morgan fingerprint density at radius 2 is 1.60 bits per heavy atom. The number of allylic oxidation sites excluding steroid dienone is 2. The van der Waals surface area contributed by atoms with E-state index in [0.29, 0.717) is 5.92 Å². The number of piperidine rings is 1. The van der Waals surface area contributed by atoms with Crippen molar-refractivity contribution in [1.82, 2.24) is 4.90 Å². The summed E-state index contributed by atoms with van der Waals surface area (Å²) in [7, 11) is -0.283. The van der Waals surface area contributed by atoms with Crippen LogP contribution in [0.2, 0.25) is 0 Å². The molecule has 0 unspecified atom stereocenters. The summed E-state index contributed by atoms with van der Waals surface area (Å²) in [4.78, 5) is 13.9. The molecule has 2 saturated heterocycles. The van der Waals surface area contributed by atoms with Gasteiger partial charge in [-0.25, -0.2) is 4.79 Å². The molecule has 142 valence electrons. The van der Waals surface area contributed by atoms with Crippen LogP contribution >= 0.6 is 0 Å². The monoisotopic (exact) mass is 351 g/mol. The first-order chi connectivity index (χ1) is 11.3. The molecular weight excluding hydrogens is 317 g/mol. The van der Waals surface area contributed by atoms with Crippen LogP contribution in [0.1, 0.15) is 68.2 Å². The van der Waals surface area contributed by atoms with Gasteiger partial charge in [0.2, 0.25) is 0 Å². The lowest BCUT2D eigenvalue weighted by atomic mass is 9.76. The van der Waals surface area contributed by atoms with Gasteiger partial charge in [0.15, 0.2) is 0 Å². The lowest BCUT2D eigenvalue weighted by molar-refractivity contribution is 0.00578. The molecule has 0 aromatic rings. The minimum atomic E-state index is -0.443. The molecule has 0 atom stereocenters. The highest BCUT2D eigenvalue weighted by atomic mass is 16.7. The van der Waals surface area contributed by atoms with E-state index >= 15 is 0 Å². The summed E-state index contributed by atoms with van der Waals surface area (Å²) >= 11 is 0. The SMILES string of the molecule is C/C(=C\C1CCN(C(=O)OC(C)(C)C)CC1)B1OC(C)(C)C(C)(C)O1. The van der Waals surface area contributed by atoms with Gasteiger partial charge in [-0.3, -0.25) is 0 Å². The maximum Gasteiger partial charge on any atom is 0.489 e. The lowest BCUT2D eigenvalue weighted by Gasteiger charge is -2.32. The van der Waals surface area contributed by atoms with Crippen LogP contribution in [0.15, 0.2) is 11.5 Å². The second-order valence-corrected chi connectivity index (χ2v) is 9.30. The first-order valence-electron chi connectivity index (χ1n) is 9.33. The van der Waals surface area contributed by atoms with Crippen LogP contribution in [-0.4, -0.2) is 48.0 Å². The molecule has 2 heterocycles. The molecule has 2 fully saturated rings. The van der Waals surface area contributed by atoms with E-state index in [2.05, 4.69) is 40.7 Å². The Hall–Kier alpha value is -1.01. The third kappa shape index (κ3) is 5.01. The Morgan fingerprint density at radius 1 is 1.12 bits per heavy atom. The largest absolute Gasteiger partial charge is 0.489 e. The van der Waals surface area contributed by atoms with Gasteiger partial charge in [0.1, 0.15) is 5.60 Å². The van der Waals surface area contributed by atoms with Gasteiger partial charge in [0.05, 0.1) is 11.2 Å². The first-order valence-corrected chi connectivity index (χ1v) is 9.33. The maximum atomic E-state index is 12.1. The fourth-order valence-corrected chi connectivity index (χ4v) is 3.05. The van der Waals surface area contributed by atoms with E-state index in [1.807, 2.05) is 20.8 Å². The van der Waals surface area contributed by atoms with Gasteiger partial charge in [-0.15, -0.1) is 0 Å². The molecule has 25 heavy (non-hydrogen) atoms. The molecule has 0 saturated carbocycles. The molecule has 1 amide bonds. The summed E-state index contributed by atoms with van der Waals surface area (Å²) in [6, 6.07) is 0. The molecule has 0 bridgehead atoms. The number of hydrogen-bond donors (Lipinski definition) is 0. The molecule has 0 aromatic carbocycles.